The number of carbonyl (C=O) groups is 1. The first kappa shape index (κ1) is 16.9. The lowest BCUT2D eigenvalue weighted by Gasteiger charge is -2.21. The maximum atomic E-state index is 12.4. The van der Waals surface area contributed by atoms with Crippen LogP contribution in [0.1, 0.15) is 32.1 Å². The van der Waals surface area contributed by atoms with E-state index in [1.165, 1.54) is 4.57 Å². The zero-order valence-electron chi connectivity index (χ0n) is 15.3. The molecule has 0 atom stereocenters. The summed E-state index contributed by atoms with van der Waals surface area (Å²) in [5.41, 5.74) is 1.85. The number of aromatic nitrogens is 1. The molecule has 1 amide bonds. The standard InChI is InChI=1S/C21H20N2O5/c24-19(9-12-23-15-5-1-2-6-16(15)26-20(23)25)22-14-7-8-17-18(13-14)28-21(27-17)10-3-4-11-21/h1-2,5-8,13H,3-4,9-12H2,(H,22,24). The molecule has 1 aliphatic heterocycles. The highest BCUT2D eigenvalue weighted by Crippen LogP contribution is 2.47. The third kappa shape index (κ3) is 2.93. The Morgan fingerprint density at radius 1 is 1.07 bits per heavy atom. The fraction of sp³-hybridized carbons (Fsp3) is 0.333. The van der Waals surface area contributed by atoms with Crippen LogP contribution in [0.3, 0.4) is 0 Å². The third-order valence-electron chi connectivity index (χ3n) is 5.32. The average molecular weight is 380 g/mol. The maximum Gasteiger partial charge on any atom is 0.419 e. The number of ether oxygens (including phenoxy) is 2. The smallest absolute Gasteiger partial charge is 0.419 e. The van der Waals surface area contributed by atoms with Crippen LogP contribution in [0.15, 0.2) is 51.7 Å². The fourth-order valence-electron chi connectivity index (χ4n) is 3.95. The van der Waals surface area contributed by atoms with Gasteiger partial charge in [0, 0.05) is 37.6 Å². The van der Waals surface area contributed by atoms with Crippen LogP contribution in [0.5, 0.6) is 11.5 Å². The molecule has 144 valence electrons. The second-order valence-corrected chi connectivity index (χ2v) is 7.27. The topological polar surface area (TPSA) is 82.7 Å². The number of carbonyl (C=O) groups excluding carboxylic acids is 1. The second-order valence-electron chi connectivity index (χ2n) is 7.27. The Balaban J connectivity index is 1.25. The van der Waals surface area contributed by atoms with Crippen LogP contribution in [0, 0.1) is 0 Å². The molecular formula is C21H20N2O5. The summed E-state index contributed by atoms with van der Waals surface area (Å²) in [4.78, 5) is 24.4. The highest BCUT2D eigenvalue weighted by molar-refractivity contribution is 5.91. The summed E-state index contributed by atoms with van der Waals surface area (Å²) in [7, 11) is 0. The third-order valence-corrected chi connectivity index (χ3v) is 5.32. The Kier molecular flexibility index (Phi) is 3.89. The Morgan fingerprint density at radius 3 is 2.71 bits per heavy atom. The lowest BCUT2D eigenvalue weighted by molar-refractivity contribution is -0.116. The number of hydrogen-bond acceptors (Lipinski definition) is 5. The van der Waals surface area contributed by atoms with Crippen LogP contribution >= 0.6 is 0 Å². The summed E-state index contributed by atoms with van der Waals surface area (Å²) in [5, 5.41) is 2.86. The minimum Gasteiger partial charge on any atom is -0.448 e. The van der Waals surface area contributed by atoms with Crippen molar-refractivity contribution in [2.45, 2.75) is 44.4 Å². The molecule has 0 saturated heterocycles. The molecule has 3 aromatic rings. The number of nitrogens with zero attached hydrogens (tertiary/aromatic N) is 1. The molecule has 1 fully saturated rings. The van der Waals surface area contributed by atoms with E-state index in [-0.39, 0.29) is 18.9 Å². The Morgan fingerprint density at radius 2 is 1.86 bits per heavy atom. The van der Waals surface area contributed by atoms with Crippen LogP contribution in [-0.4, -0.2) is 16.3 Å². The van der Waals surface area contributed by atoms with Crippen molar-refractivity contribution in [1.29, 1.82) is 0 Å². The summed E-state index contributed by atoms with van der Waals surface area (Å²) < 4.78 is 18.7. The van der Waals surface area contributed by atoms with E-state index in [9.17, 15) is 9.59 Å². The van der Waals surface area contributed by atoms with Gasteiger partial charge >= 0.3 is 5.76 Å². The number of oxazole rings is 1. The quantitative estimate of drug-likeness (QED) is 0.747. The molecule has 1 N–H and O–H groups in total. The Bertz CT molecular complexity index is 1110. The van der Waals surface area contributed by atoms with Gasteiger partial charge in [-0.05, 0) is 37.1 Å². The molecule has 5 rings (SSSR count). The van der Waals surface area contributed by atoms with Gasteiger partial charge in [-0.2, -0.15) is 0 Å². The first-order chi connectivity index (χ1) is 13.6. The number of benzene rings is 2. The summed E-state index contributed by atoms with van der Waals surface area (Å²) >= 11 is 0. The van der Waals surface area contributed by atoms with Crippen molar-refractivity contribution in [2.24, 2.45) is 0 Å². The van der Waals surface area contributed by atoms with E-state index in [4.69, 9.17) is 13.9 Å². The molecule has 1 aromatic heterocycles. The fourth-order valence-corrected chi connectivity index (χ4v) is 3.95. The molecule has 2 aromatic carbocycles. The summed E-state index contributed by atoms with van der Waals surface area (Å²) in [5.74, 6) is 0.215. The minimum absolute atomic E-state index is 0.155. The van der Waals surface area contributed by atoms with Crippen molar-refractivity contribution in [3.8, 4) is 11.5 Å². The van der Waals surface area contributed by atoms with Crippen LogP contribution in [0.2, 0.25) is 0 Å². The van der Waals surface area contributed by atoms with Crippen molar-refractivity contribution < 1.29 is 18.7 Å². The first-order valence-corrected chi connectivity index (χ1v) is 9.52. The van der Waals surface area contributed by atoms with E-state index in [1.807, 2.05) is 12.1 Å². The zero-order valence-corrected chi connectivity index (χ0v) is 15.3. The van der Waals surface area contributed by atoms with Gasteiger partial charge < -0.3 is 19.2 Å². The van der Waals surface area contributed by atoms with Gasteiger partial charge in [0.2, 0.25) is 5.91 Å². The van der Waals surface area contributed by atoms with Crippen LogP contribution in [0.25, 0.3) is 11.1 Å². The number of para-hydroxylation sites is 2. The highest BCUT2D eigenvalue weighted by atomic mass is 16.7. The molecule has 28 heavy (non-hydrogen) atoms. The van der Waals surface area contributed by atoms with E-state index < -0.39 is 11.5 Å². The lowest BCUT2D eigenvalue weighted by Crippen LogP contribution is -2.34. The van der Waals surface area contributed by atoms with Gasteiger partial charge in [-0.15, -0.1) is 0 Å². The largest absolute Gasteiger partial charge is 0.448 e. The molecule has 7 nitrogen and oxygen atoms in total. The van der Waals surface area contributed by atoms with E-state index >= 15 is 0 Å². The SMILES string of the molecule is O=C(CCn1c(=O)oc2ccccc21)Nc1ccc2c(c1)OC1(CCCC1)O2. The predicted octanol–water partition coefficient (Wildman–Crippen LogP) is 3.66. The number of fused-ring (bicyclic) bond motifs is 2. The molecule has 2 heterocycles. The summed E-state index contributed by atoms with van der Waals surface area (Å²) in [6.07, 6.45) is 4.12. The summed E-state index contributed by atoms with van der Waals surface area (Å²) in [6.45, 7) is 0.245. The molecular weight excluding hydrogens is 360 g/mol. The van der Waals surface area contributed by atoms with E-state index in [1.54, 1.807) is 30.3 Å². The van der Waals surface area contributed by atoms with Gasteiger partial charge in [-0.3, -0.25) is 9.36 Å². The van der Waals surface area contributed by atoms with Gasteiger partial charge in [0.05, 0.1) is 5.52 Å². The van der Waals surface area contributed by atoms with Gasteiger partial charge in [0.1, 0.15) is 0 Å². The van der Waals surface area contributed by atoms with Crippen molar-refractivity contribution in [2.75, 3.05) is 5.32 Å². The van der Waals surface area contributed by atoms with Gasteiger partial charge in [-0.1, -0.05) is 12.1 Å². The number of rotatable bonds is 4. The number of aryl methyl sites for hydroxylation is 1. The molecule has 1 spiro atoms. The van der Waals surface area contributed by atoms with E-state index in [0.29, 0.717) is 22.5 Å². The van der Waals surface area contributed by atoms with Crippen molar-refractivity contribution in [3.63, 3.8) is 0 Å². The Hall–Kier alpha value is -3.22. The highest BCUT2D eigenvalue weighted by Gasteiger charge is 2.44. The van der Waals surface area contributed by atoms with E-state index in [2.05, 4.69) is 5.32 Å². The van der Waals surface area contributed by atoms with Gasteiger partial charge in [0.25, 0.3) is 5.79 Å². The molecule has 1 aliphatic carbocycles. The minimum atomic E-state index is -0.519. The molecule has 1 saturated carbocycles. The Labute approximate surface area is 160 Å². The number of nitrogens with one attached hydrogen (secondary N) is 1. The molecule has 0 unspecified atom stereocenters. The van der Waals surface area contributed by atoms with Gasteiger partial charge in [0.15, 0.2) is 17.1 Å². The molecule has 0 radical (unpaired) electrons. The molecule has 0 bridgehead atoms. The maximum absolute atomic E-state index is 12.4. The summed E-state index contributed by atoms with van der Waals surface area (Å²) in [6, 6.07) is 12.6. The molecule has 7 heteroatoms. The number of amides is 1. The number of hydrogen-bond donors (Lipinski definition) is 1. The number of anilines is 1. The normalized spacial score (nSPS) is 16.7. The van der Waals surface area contributed by atoms with E-state index in [0.717, 1.165) is 31.4 Å². The van der Waals surface area contributed by atoms with Crippen LogP contribution in [0.4, 0.5) is 5.69 Å². The predicted molar refractivity (Wildman–Crippen MR) is 103 cm³/mol. The van der Waals surface area contributed by atoms with Crippen molar-refractivity contribution >= 4 is 22.7 Å². The zero-order chi connectivity index (χ0) is 19.1. The second kappa shape index (κ2) is 6.44. The first-order valence-electron chi connectivity index (χ1n) is 9.52. The van der Waals surface area contributed by atoms with Crippen LogP contribution in [-0.2, 0) is 11.3 Å². The average Bonchev–Trinajstić information content (AvgIpc) is 3.36. The monoisotopic (exact) mass is 380 g/mol. The van der Waals surface area contributed by atoms with Gasteiger partial charge in [-0.25, -0.2) is 4.79 Å². The van der Waals surface area contributed by atoms with Crippen molar-refractivity contribution in [1.82, 2.24) is 4.57 Å². The molecule has 2 aliphatic rings. The lowest BCUT2D eigenvalue weighted by atomic mass is 10.2. The van der Waals surface area contributed by atoms with Crippen molar-refractivity contribution in [3.05, 3.63) is 53.0 Å². The van der Waals surface area contributed by atoms with Crippen LogP contribution < -0.4 is 20.5 Å².